The van der Waals surface area contributed by atoms with E-state index >= 15 is 0 Å². The molecule has 2 heteroatoms. The third kappa shape index (κ3) is 1.62. The Labute approximate surface area is 90.3 Å². The standard InChI is InChI=1S/C13H16N2/c1-10-6-2-3-7-11(10)13(15)9-5-4-8-12(13)14/h2-9,12H,14-15H2,1H3. The van der Waals surface area contributed by atoms with Crippen LogP contribution in [0, 0.1) is 6.92 Å². The number of aryl methyl sites for hydroxylation is 1. The van der Waals surface area contributed by atoms with E-state index in [0.29, 0.717) is 0 Å². The van der Waals surface area contributed by atoms with Gasteiger partial charge in [-0.15, -0.1) is 0 Å². The van der Waals surface area contributed by atoms with Crippen LogP contribution in [-0.2, 0) is 5.54 Å². The molecule has 78 valence electrons. The van der Waals surface area contributed by atoms with Gasteiger partial charge in [0.1, 0.15) is 0 Å². The Bertz CT molecular complexity index is 420. The van der Waals surface area contributed by atoms with Crippen LogP contribution in [-0.4, -0.2) is 6.04 Å². The molecule has 4 N–H and O–H groups in total. The molecular weight excluding hydrogens is 184 g/mol. The van der Waals surface area contributed by atoms with E-state index in [4.69, 9.17) is 11.5 Å². The highest BCUT2D eigenvalue weighted by atomic mass is 14.8. The fourth-order valence-corrected chi connectivity index (χ4v) is 2.00. The van der Waals surface area contributed by atoms with Crippen LogP contribution in [0.2, 0.25) is 0 Å². The van der Waals surface area contributed by atoms with Crippen molar-refractivity contribution < 1.29 is 0 Å². The lowest BCUT2D eigenvalue weighted by Gasteiger charge is -2.34. The van der Waals surface area contributed by atoms with Gasteiger partial charge in [-0.1, -0.05) is 48.6 Å². The molecule has 2 atom stereocenters. The molecule has 0 radical (unpaired) electrons. The molecule has 15 heavy (non-hydrogen) atoms. The smallest absolute Gasteiger partial charge is 0.0791 e. The molecule has 0 spiro atoms. The fraction of sp³-hybridized carbons (Fsp3) is 0.231. The van der Waals surface area contributed by atoms with Crippen molar-refractivity contribution in [2.75, 3.05) is 0 Å². The molecule has 2 nitrogen and oxygen atoms in total. The van der Waals surface area contributed by atoms with Crippen LogP contribution in [0.15, 0.2) is 48.6 Å². The zero-order chi connectivity index (χ0) is 10.9. The lowest BCUT2D eigenvalue weighted by Crippen LogP contribution is -2.51. The third-order valence-electron chi connectivity index (χ3n) is 2.96. The Morgan fingerprint density at radius 1 is 1.20 bits per heavy atom. The van der Waals surface area contributed by atoms with Crippen LogP contribution in [0.25, 0.3) is 0 Å². The van der Waals surface area contributed by atoms with Gasteiger partial charge in [0.15, 0.2) is 0 Å². The summed E-state index contributed by atoms with van der Waals surface area (Å²) in [5.74, 6) is 0. The molecule has 0 amide bonds. The molecule has 1 aromatic carbocycles. The lowest BCUT2D eigenvalue weighted by atomic mass is 9.79. The third-order valence-corrected chi connectivity index (χ3v) is 2.96. The zero-order valence-corrected chi connectivity index (χ0v) is 8.85. The summed E-state index contributed by atoms with van der Waals surface area (Å²) >= 11 is 0. The van der Waals surface area contributed by atoms with Crippen molar-refractivity contribution in [2.24, 2.45) is 11.5 Å². The Morgan fingerprint density at radius 2 is 1.93 bits per heavy atom. The topological polar surface area (TPSA) is 52.0 Å². The van der Waals surface area contributed by atoms with Crippen LogP contribution >= 0.6 is 0 Å². The molecule has 0 saturated heterocycles. The van der Waals surface area contributed by atoms with Crippen molar-refractivity contribution in [1.29, 1.82) is 0 Å². The molecular formula is C13H16N2. The predicted octanol–water partition coefficient (Wildman–Crippen LogP) is 1.60. The number of hydrogen-bond acceptors (Lipinski definition) is 2. The molecule has 0 bridgehead atoms. The second-order valence-electron chi connectivity index (χ2n) is 4.02. The minimum atomic E-state index is -0.569. The molecule has 0 aliphatic heterocycles. The maximum Gasteiger partial charge on any atom is 0.0791 e. The first kappa shape index (κ1) is 10.1. The molecule has 1 aliphatic rings. The maximum absolute atomic E-state index is 6.36. The predicted molar refractivity (Wildman–Crippen MR) is 63.3 cm³/mol. The van der Waals surface area contributed by atoms with Gasteiger partial charge < -0.3 is 11.5 Å². The minimum Gasteiger partial charge on any atom is -0.322 e. The van der Waals surface area contributed by atoms with E-state index in [-0.39, 0.29) is 6.04 Å². The summed E-state index contributed by atoms with van der Waals surface area (Å²) in [5.41, 5.74) is 14.1. The van der Waals surface area contributed by atoms with Crippen molar-refractivity contribution in [3.05, 3.63) is 59.7 Å². The zero-order valence-electron chi connectivity index (χ0n) is 8.85. The van der Waals surface area contributed by atoms with Gasteiger partial charge in [0.2, 0.25) is 0 Å². The lowest BCUT2D eigenvalue weighted by molar-refractivity contribution is 0.490. The van der Waals surface area contributed by atoms with Gasteiger partial charge in [-0.3, -0.25) is 0 Å². The monoisotopic (exact) mass is 200 g/mol. The summed E-state index contributed by atoms with van der Waals surface area (Å²) in [7, 11) is 0. The van der Waals surface area contributed by atoms with Gasteiger partial charge in [0, 0.05) is 6.04 Å². The van der Waals surface area contributed by atoms with Crippen LogP contribution in [0.3, 0.4) is 0 Å². The summed E-state index contributed by atoms with van der Waals surface area (Å²) in [6, 6.07) is 7.94. The second kappa shape index (κ2) is 3.65. The van der Waals surface area contributed by atoms with Crippen LogP contribution in [0.1, 0.15) is 11.1 Å². The molecule has 0 saturated carbocycles. The Kier molecular flexibility index (Phi) is 2.47. The summed E-state index contributed by atoms with van der Waals surface area (Å²) in [5, 5.41) is 0. The molecule has 1 aliphatic carbocycles. The van der Waals surface area contributed by atoms with Gasteiger partial charge in [0.05, 0.1) is 5.54 Å². The van der Waals surface area contributed by atoms with Crippen LogP contribution in [0.4, 0.5) is 0 Å². The first-order chi connectivity index (χ1) is 7.14. The van der Waals surface area contributed by atoms with Crippen LogP contribution in [0.5, 0.6) is 0 Å². The first-order valence-electron chi connectivity index (χ1n) is 5.11. The fourth-order valence-electron chi connectivity index (χ4n) is 2.00. The van der Waals surface area contributed by atoms with E-state index in [0.717, 1.165) is 5.56 Å². The number of hydrogen-bond donors (Lipinski definition) is 2. The summed E-state index contributed by atoms with van der Waals surface area (Å²) in [6.45, 7) is 2.06. The highest BCUT2D eigenvalue weighted by molar-refractivity contribution is 5.42. The van der Waals surface area contributed by atoms with Crippen molar-refractivity contribution in [3.63, 3.8) is 0 Å². The average molecular weight is 200 g/mol. The van der Waals surface area contributed by atoms with E-state index in [9.17, 15) is 0 Å². The number of allylic oxidation sites excluding steroid dienone is 2. The van der Waals surface area contributed by atoms with Gasteiger partial charge in [-0.05, 0) is 18.1 Å². The van der Waals surface area contributed by atoms with Crippen LogP contribution < -0.4 is 11.5 Å². The van der Waals surface area contributed by atoms with E-state index in [1.807, 2.05) is 42.5 Å². The highest BCUT2D eigenvalue weighted by Gasteiger charge is 2.32. The SMILES string of the molecule is Cc1ccccc1C1(N)C=CC=CC1N. The molecule has 2 rings (SSSR count). The molecule has 0 aromatic heterocycles. The van der Waals surface area contributed by atoms with E-state index in [2.05, 4.69) is 13.0 Å². The van der Waals surface area contributed by atoms with Crippen molar-refractivity contribution in [1.82, 2.24) is 0 Å². The Morgan fingerprint density at radius 3 is 2.60 bits per heavy atom. The second-order valence-corrected chi connectivity index (χ2v) is 4.02. The van der Waals surface area contributed by atoms with Crippen molar-refractivity contribution in [3.8, 4) is 0 Å². The molecule has 0 heterocycles. The van der Waals surface area contributed by atoms with E-state index in [1.165, 1.54) is 5.56 Å². The molecule has 0 fully saturated rings. The maximum atomic E-state index is 6.36. The Hall–Kier alpha value is -1.38. The number of rotatable bonds is 1. The van der Waals surface area contributed by atoms with E-state index in [1.54, 1.807) is 0 Å². The number of benzene rings is 1. The normalized spacial score (nSPS) is 29.4. The van der Waals surface area contributed by atoms with Gasteiger partial charge in [-0.2, -0.15) is 0 Å². The summed E-state index contributed by atoms with van der Waals surface area (Å²) < 4.78 is 0. The average Bonchev–Trinajstić information content (AvgIpc) is 2.23. The van der Waals surface area contributed by atoms with Crippen molar-refractivity contribution in [2.45, 2.75) is 18.5 Å². The van der Waals surface area contributed by atoms with Gasteiger partial charge >= 0.3 is 0 Å². The molecule has 2 unspecified atom stereocenters. The van der Waals surface area contributed by atoms with Crippen molar-refractivity contribution >= 4 is 0 Å². The first-order valence-corrected chi connectivity index (χ1v) is 5.11. The minimum absolute atomic E-state index is 0.163. The highest BCUT2D eigenvalue weighted by Crippen LogP contribution is 2.28. The van der Waals surface area contributed by atoms with Gasteiger partial charge in [0.25, 0.3) is 0 Å². The Balaban J connectivity index is 2.50. The largest absolute Gasteiger partial charge is 0.322 e. The quantitative estimate of drug-likeness (QED) is 0.723. The van der Waals surface area contributed by atoms with E-state index < -0.39 is 5.54 Å². The molecule has 1 aromatic rings. The van der Waals surface area contributed by atoms with Gasteiger partial charge in [-0.25, -0.2) is 0 Å². The number of nitrogens with two attached hydrogens (primary N) is 2. The summed E-state index contributed by atoms with van der Waals surface area (Å²) in [4.78, 5) is 0. The summed E-state index contributed by atoms with van der Waals surface area (Å²) in [6.07, 6.45) is 7.80.